The summed E-state index contributed by atoms with van der Waals surface area (Å²) >= 11 is 0. The van der Waals surface area contributed by atoms with E-state index in [1.807, 2.05) is 0 Å². The molecule has 0 rings (SSSR count). The van der Waals surface area contributed by atoms with E-state index < -0.39 is 30.6 Å². The smallest absolute Gasteiger partial charge is 0.511 e. The van der Waals surface area contributed by atoms with Crippen LogP contribution in [0.15, 0.2) is 5.28 Å². The van der Waals surface area contributed by atoms with Crippen LogP contribution in [0.25, 0.3) is 0 Å². The van der Waals surface area contributed by atoms with E-state index >= 15 is 0 Å². The molecule has 116 valence electrons. The van der Waals surface area contributed by atoms with Crippen molar-refractivity contribution < 1.29 is 34.0 Å². The Bertz CT molecular complexity index is 378. The molecular formula is C10H19N3O7. The number of carboxylic acids is 1. The third kappa shape index (κ3) is 7.24. The van der Waals surface area contributed by atoms with Gasteiger partial charge >= 0.3 is 12.1 Å². The fourth-order valence-electron chi connectivity index (χ4n) is 0.792. The lowest BCUT2D eigenvalue weighted by molar-refractivity contribution is -0.710. The monoisotopic (exact) mass is 293 g/mol. The molecule has 1 N–H and O–H groups in total. The highest BCUT2D eigenvalue weighted by Gasteiger charge is 2.23. The number of likely N-dealkylation sites (N-methyl/N-ethyl adjacent to an activating group) is 1. The Labute approximate surface area is 116 Å². The number of hydrogen-bond acceptors (Lipinski definition) is 7. The molecule has 0 radical (unpaired) electrons. The molecule has 0 aromatic heterocycles. The zero-order valence-corrected chi connectivity index (χ0v) is 12.0. The molecular weight excluding hydrogens is 274 g/mol. The van der Waals surface area contributed by atoms with Gasteiger partial charge in [-0.05, 0) is 27.7 Å². The lowest BCUT2D eigenvalue weighted by Crippen LogP contribution is -2.40. The molecule has 0 saturated carbocycles. The summed E-state index contributed by atoms with van der Waals surface area (Å²) in [4.78, 5) is 26.1. The van der Waals surface area contributed by atoms with Gasteiger partial charge in [0, 0.05) is 0 Å². The van der Waals surface area contributed by atoms with Gasteiger partial charge in [-0.2, -0.15) is 0 Å². The highest BCUT2D eigenvalue weighted by Crippen LogP contribution is 2.07. The van der Waals surface area contributed by atoms with Gasteiger partial charge in [-0.3, -0.25) is 0 Å². The lowest BCUT2D eigenvalue weighted by Gasteiger charge is -2.18. The minimum Gasteiger partial charge on any atom is -0.569 e. The molecule has 0 saturated heterocycles. The predicted octanol–water partition coefficient (Wildman–Crippen LogP) is 1.11. The van der Waals surface area contributed by atoms with Crippen LogP contribution in [-0.2, 0) is 19.1 Å². The summed E-state index contributed by atoms with van der Waals surface area (Å²) in [6.07, 6.45) is -0.975. The van der Waals surface area contributed by atoms with Crippen molar-refractivity contribution in [2.45, 2.75) is 39.3 Å². The summed E-state index contributed by atoms with van der Waals surface area (Å²) in [5.74, 6) is -1.20. The first-order chi connectivity index (χ1) is 9.04. The van der Waals surface area contributed by atoms with E-state index in [9.17, 15) is 14.8 Å². The van der Waals surface area contributed by atoms with Crippen LogP contribution in [0.3, 0.4) is 0 Å². The zero-order chi connectivity index (χ0) is 15.9. The molecule has 0 unspecified atom stereocenters. The number of carbonyl (C=O) groups excluding carboxylic acids is 1. The SMILES string of the molecule is C[C@@H](C(=O)O)N(C)/[N+]([O-])=N/OCOC(=O)OC(C)(C)C. The lowest BCUT2D eigenvalue weighted by atomic mass is 10.2. The fraction of sp³-hybridized carbons (Fsp3) is 0.800. The van der Waals surface area contributed by atoms with Crippen LogP contribution >= 0.6 is 0 Å². The van der Waals surface area contributed by atoms with Crippen molar-refractivity contribution in [1.29, 1.82) is 0 Å². The van der Waals surface area contributed by atoms with E-state index in [1.165, 1.54) is 14.0 Å². The van der Waals surface area contributed by atoms with E-state index in [0.29, 0.717) is 0 Å². The van der Waals surface area contributed by atoms with Crippen LogP contribution in [0.1, 0.15) is 27.7 Å². The van der Waals surface area contributed by atoms with Crippen LogP contribution in [0.5, 0.6) is 0 Å². The van der Waals surface area contributed by atoms with Gasteiger partial charge < -0.3 is 24.6 Å². The molecule has 0 fully saturated rings. The standard InChI is InChI=1S/C10H19N3O7/c1-7(8(14)15)12(5)13(17)11-19-6-18-9(16)20-10(2,3)4/h7H,6H2,1-5H3,(H,14,15)/b13-11-/t7-/m0/s1. The number of nitrogens with zero attached hydrogens (tertiary/aromatic N) is 3. The third-order valence-electron chi connectivity index (χ3n) is 1.93. The minimum absolute atomic E-state index is 0.0722. The Morgan fingerprint density at radius 2 is 2.00 bits per heavy atom. The van der Waals surface area contributed by atoms with Crippen molar-refractivity contribution in [3.05, 3.63) is 5.21 Å². The van der Waals surface area contributed by atoms with Crippen molar-refractivity contribution in [1.82, 2.24) is 5.01 Å². The summed E-state index contributed by atoms with van der Waals surface area (Å²) in [6, 6.07) is -1.09. The number of carbonyl (C=O) groups is 2. The van der Waals surface area contributed by atoms with Gasteiger partial charge in [0.2, 0.25) is 5.28 Å². The molecule has 1 atom stereocenters. The second-order valence-electron chi connectivity index (χ2n) is 4.78. The number of hydrogen-bond donors (Lipinski definition) is 1. The Morgan fingerprint density at radius 3 is 2.45 bits per heavy atom. The van der Waals surface area contributed by atoms with Crippen LogP contribution in [0.2, 0.25) is 0 Å². The maximum absolute atomic E-state index is 11.3. The average molecular weight is 293 g/mol. The highest BCUT2D eigenvalue weighted by molar-refractivity contribution is 5.72. The van der Waals surface area contributed by atoms with Gasteiger partial charge in [-0.25, -0.2) is 9.59 Å². The van der Waals surface area contributed by atoms with Gasteiger partial charge in [-0.15, -0.1) is 5.01 Å². The number of hydrazine groups is 1. The molecule has 0 spiro atoms. The number of ether oxygens (including phenoxy) is 2. The van der Waals surface area contributed by atoms with E-state index in [0.717, 1.165) is 5.01 Å². The average Bonchev–Trinajstić information content (AvgIpc) is 2.30. The second kappa shape index (κ2) is 7.36. The van der Waals surface area contributed by atoms with E-state index in [2.05, 4.69) is 14.9 Å². The molecule has 0 aliphatic rings. The Balaban J connectivity index is 4.13. The molecule has 10 nitrogen and oxygen atoms in total. The Morgan fingerprint density at radius 1 is 1.45 bits per heavy atom. The molecule has 0 bridgehead atoms. The number of rotatable bonds is 6. The van der Waals surface area contributed by atoms with Crippen molar-refractivity contribution >= 4 is 12.1 Å². The molecule has 0 aliphatic carbocycles. The molecule has 0 amide bonds. The van der Waals surface area contributed by atoms with Gasteiger partial charge in [-0.1, -0.05) is 0 Å². The highest BCUT2D eigenvalue weighted by atomic mass is 16.8. The molecule has 10 heteroatoms. The van der Waals surface area contributed by atoms with Gasteiger partial charge in [0.25, 0.3) is 6.79 Å². The van der Waals surface area contributed by atoms with E-state index in [-0.39, 0.29) is 4.97 Å². The maximum Gasteiger partial charge on any atom is 0.511 e. The predicted molar refractivity (Wildman–Crippen MR) is 64.2 cm³/mol. The summed E-state index contributed by atoms with van der Waals surface area (Å²) in [5.41, 5.74) is -0.712. The summed E-state index contributed by atoms with van der Waals surface area (Å²) < 4.78 is 9.28. The largest absolute Gasteiger partial charge is 0.569 e. The van der Waals surface area contributed by atoms with Crippen molar-refractivity contribution in [2.75, 3.05) is 13.8 Å². The van der Waals surface area contributed by atoms with E-state index in [4.69, 9.17) is 9.84 Å². The maximum atomic E-state index is 11.3. The first-order valence-corrected chi connectivity index (χ1v) is 5.66. The molecule has 20 heavy (non-hydrogen) atoms. The topological polar surface area (TPSA) is 124 Å². The molecule has 0 heterocycles. The van der Waals surface area contributed by atoms with Gasteiger partial charge in [0.05, 0.1) is 12.0 Å². The van der Waals surface area contributed by atoms with Gasteiger partial charge in [0.15, 0.2) is 6.04 Å². The van der Waals surface area contributed by atoms with Crippen LogP contribution < -0.4 is 0 Å². The second-order valence-corrected chi connectivity index (χ2v) is 4.78. The summed E-state index contributed by atoms with van der Waals surface area (Å²) in [7, 11) is 1.22. The Hall–Kier alpha value is -2.26. The fourth-order valence-corrected chi connectivity index (χ4v) is 0.792. The Kier molecular flexibility index (Phi) is 6.53. The first-order valence-electron chi connectivity index (χ1n) is 5.66. The quantitative estimate of drug-likeness (QED) is 0.193. The summed E-state index contributed by atoms with van der Waals surface area (Å²) in [5, 5.41) is 23.7. The third-order valence-corrected chi connectivity index (χ3v) is 1.93. The minimum atomic E-state index is -1.20. The molecule has 0 aliphatic heterocycles. The zero-order valence-electron chi connectivity index (χ0n) is 12.0. The number of carboxylic acid groups (broad SMARTS) is 1. The van der Waals surface area contributed by atoms with Crippen LogP contribution in [-0.4, -0.2) is 52.7 Å². The van der Waals surface area contributed by atoms with E-state index in [1.54, 1.807) is 20.8 Å². The van der Waals surface area contributed by atoms with Crippen molar-refractivity contribution in [3.63, 3.8) is 0 Å². The van der Waals surface area contributed by atoms with Crippen LogP contribution in [0, 0.1) is 5.21 Å². The normalized spacial score (nSPS) is 13.3. The van der Waals surface area contributed by atoms with Crippen LogP contribution in [0.4, 0.5) is 4.79 Å². The summed E-state index contributed by atoms with van der Waals surface area (Å²) in [6.45, 7) is 5.62. The number of aliphatic carboxylic acids is 1. The van der Waals surface area contributed by atoms with Gasteiger partial charge in [0.1, 0.15) is 5.60 Å². The molecule has 0 aromatic carbocycles. The first kappa shape index (κ1) is 17.7. The van der Waals surface area contributed by atoms with Crippen molar-refractivity contribution in [2.24, 2.45) is 5.28 Å². The molecule has 0 aromatic rings. The van der Waals surface area contributed by atoms with Crippen molar-refractivity contribution in [3.8, 4) is 0 Å².